The van der Waals surface area contributed by atoms with E-state index in [1.54, 1.807) is 13.0 Å². The highest BCUT2D eigenvalue weighted by atomic mass is 16.5. The third-order valence-electron chi connectivity index (χ3n) is 1.99. The summed E-state index contributed by atoms with van der Waals surface area (Å²) in [6.07, 6.45) is -0.382. The fourth-order valence-corrected chi connectivity index (χ4v) is 1.24. The number of aromatic nitrogens is 1. The normalized spacial score (nSPS) is 17.2. The maximum Gasteiger partial charge on any atom is 0.292 e. The van der Waals surface area contributed by atoms with Gasteiger partial charge in [-0.2, -0.15) is 0 Å². The largest absolute Gasteiger partial charge is 0.389 e. The molecule has 5 nitrogen and oxygen atoms in total. The highest BCUT2D eigenvalue weighted by molar-refractivity contribution is 5.92. The molecule has 0 radical (unpaired) electrons. The number of aryl methyl sites for hydroxylation is 1. The smallest absolute Gasteiger partial charge is 0.292 e. The van der Waals surface area contributed by atoms with Crippen molar-refractivity contribution in [2.75, 3.05) is 13.1 Å². The van der Waals surface area contributed by atoms with Crippen molar-refractivity contribution in [1.82, 2.24) is 10.1 Å². The van der Waals surface area contributed by atoms with Crippen LogP contribution in [-0.2, 0) is 0 Å². The molecule has 70 valence electrons. The SMILES string of the molecule is Cc1cc(C(=O)N2CC(O)C2)on1. The van der Waals surface area contributed by atoms with Crippen LogP contribution in [0, 0.1) is 6.92 Å². The van der Waals surface area contributed by atoms with E-state index in [0.29, 0.717) is 18.8 Å². The first-order valence-corrected chi connectivity index (χ1v) is 4.07. The zero-order valence-electron chi connectivity index (χ0n) is 7.23. The van der Waals surface area contributed by atoms with E-state index in [4.69, 9.17) is 9.63 Å². The topological polar surface area (TPSA) is 66.6 Å². The van der Waals surface area contributed by atoms with Gasteiger partial charge in [0.2, 0.25) is 5.76 Å². The lowest BCUT2D eigenvalue weighted by molar-refractivity contribution is 0.00341. The van der Waals surface area contributed by atoms with Gasteiger partial charge in [0.05, 0.1) is 11.8 Å². The van der Waals surface area contributed by atoms with Crippen molar-refractivity contribution in [3.8, 4) is 0 Å². The minimum absolute atomic E-state index is 0.203. The molecule has 0 atom stereocenters. The fraction of sp³-hybridized carbons (Fsp3) is 0.500. The van der Waals surface area contributed by atoms with Gasteiger partial charge >= 0.3 is 0 Å². The van der Waals surface area contributed by atoms with Gasteiger partial charge in [0.15, 0.2) is 0 Å². The number of carbonyl (C=O) groups is 1. The molecule has 0 saturated carbocycles. The molecule has 0 aliphatic carbocycles. The van der Waals surface area contributed by atoms with Crippen LogP contribution >= 0.6 is 0 Å². The first kappa shape index (κ1) is 8.25. The van der Waals surface area contributed by atoms with E-state index < -0.39 is 0 Å². The molecule has 13 heavy (non-hydrogen) atoms. The fourth-order valence-electron chi connectivity index (χ4n) is 1.24. The number of hydrogen-bond acceptors (Lipinski definition) is 4. The van der Waals surface area contributed by atoms with E-state index in [2.05, 4.69) is 5.16 Å². The summed E-state index contributed by atoms with van der Waals surface area (Å²) < 4.78 is 4.80. The lowest BCUT2D eigenvalue weighted by Crippen LogP contribution is -2.53. The minimum Gasteiger partial charge on any atom is -0.389 e. The summed E-state index contributed by atoms with van der Waals surface area (Å²) in [5, 5.41) is 12.6. The monoisotopic (exact) mass is 182 g/mol. The van der Waals surface area contributed by atoms with Crippen LogP contribution in [0.15, 0.2) is 10.6 Å². The average molecular weight is 182 g/mol. The van der Waals surface area contributed by atoms with Crippen molar-refractivity contribution in [1.29, 1.82) is 0 Å². The van der Waals surface area contributed by atoms with Crippen LogP contribution < -0.4 is 0 Å². The molecule has 1 aliphatic heterocycles. The van der Waals surface area contributed by atoms with Crippen LogP contribution in [0.3, 0.4) is 0 Å². The average Bonchev–Trinajstić information content (AvgIpc) is 2.45. The first-order valence-electron chi connectivity index (χ1n) is 4.07. The molecule has 1 amide bonds. The molecule has 0 aromatic carbocycles. The molecule has 1 N–H and O–H groups in total. The molecular weight excluding hydrogens is 172 g/mol. The molecule has 1 fully saturated rings. The molecule has 2 rings (SSSR count). The van der Waals surface area contributed by atoms with Crippen LogP contribution in [0.5, 0.6) is 0 Å². The number of likely N-dealkylation sites (tertiary alicyclic amines) is 1. The summed E-state index contributed by atoms with van der Waals surface area (Å²) in [5.41, 5.74) is 0.685. The van der Waals surface area contributed by atoms with Crippen molar-refractivity contribution in [3.05, 3.63) is 17.5 Å². The molecule has 1 aromatic rings. The second-order valence-electron chi connectivity index (χ2n) is 3.20. The molecule has 0 unspecified atom stereocenters. The predicted molar refractivity (Wildman–Crippen MR) is 43.2 cm³/mol. The van der Waals surface area contributed by atoms with Crippen molar-refractivity contribution in [2.45, 2.75) is 13.0 Å². The summed E-state index contributed by atoms with van der Waals surface area (Å²) in [5.74, 6) is 0.0373. The second-order valence-corrected chi connectivity index (χ2v) is 3.20. The zero-order valence-corrected chi connectivity index (χ0v) is 7.23. The third kappa shape index (κ3) is 1.42. The predicted octanol–water partition coefficient (Wildman–Crippen LogP) is -0.200. The van der Waals surface area contributed by atoms with Crippen LogP contribution in [-0.4, -0.2) is 40.3 Å². The second kappa shape index (κ2) is 2.85. The Morgan fingerprint density at radius 3 is 2.92 bits per heavy atom. The summed E-state index contributed by atoms with van der Waals surface area (Å²) in [4.78, 5) is 13.0. The number of hydrogen-bond donors (Lipinski definition) is 1. The number of carbonyl (C=O) groups excluding carboxylic acids is 1. The van der Waals surface area contributed by atoms with E-state index in [0.717, 1.165) is 0 Å². The van der Waals surface area contributed by atoms with Gasteiger partial charge in [-0.25, -0.2) is 0 Å². The summed E-state index contributed by atoms with van der Waals surface area (Å²) in [7, 11) is 0. The van der Waals surface area contributed by atoms with Gasteiger partial charge in [0.25, 0.3) is 5.91 Å². The maximum absolute atomic E-state index is 11.5. The molecular formula is C8H10N2O3. The Hall–Kier alpha value is -1.36. The Balaban J connectivity index is 2.06. The number of aliphatic hydroxyl groups excluding tert-OH is 1. The Morgan fingerprint density at radius 2 is 2.46 bits per heavy atom. The molecule has 0 spiro atoms. The Labute approximate surface area is 74.9 Å². The number of amides is 1. The van der Waals surface area contributed by atoms with Gasteiger partial charge < -0.3 is 14.5 Å². The Kier molecular flexibility index (Phi) is 1.81. The molecule has 5 heteroatoms. The van der Waals surface area contributed by atoms with E-state index in [1.165, 1.54) is 4.90 Å². The van der Waals surface area contributed by atoms with Crippen molar-refractivity contribution < 1.29 is 14.4 Å². The number of aliphatic hydroxyl groups is 1. The van der Waals surface area contributed by atoms with Crippen LogP contribution in [0.25, 0.3) is 0 Å². The van der Waals surface area contributed by atoms with E-state index in [1.807, 2.05) is 0 Å². The molecule has 1 saturated heterocycles. The Bertz CT molecular complexity index is 328. The van der Waals surface area contributed by atoms with Crippen molar-refractivity contribution in [3.63, 3.8) is 0 Å². The lowest BCUT2D eigenvalue weighted by Gasteiger charge is -2.34. The minimum atomic E-state index is -0.382. The zero-order chi connectivity index (χ0) is 9.42. The van der Waals surface area contributed by atoms with Gasteiger partial charge in [0, 0.05) is 19.2 Å². The van der Waals surface area contributed by atoms with Crippen LogP contribution in [0.4, 0.5) is 0 Å². The van der Waals surface area contributed by atoms with Crippen molar-refractivity contribution >= 4 is 5.91 Å². The molecule has 1 aliphatic rings. The van der Waals surface area contributed by atoms with Gasteiger partial charge in [-0.15, -0.1) is 0 Å². The lowest BCUT2D eigenvalue weighted by atomic mass is 10.1. The standard InChI is InChI=1S/C8H10N2O3/c1-5-2-7(13-9-5)8(12)10-3-6(11)4-10/h2,6,11H,3-4H2,1H3. The van der Waals surface area contributed by atoms with E-state index in [9.17, 15) is 4.79 Å². The maximum atomic E-state index is 11.5. The molecule has 2 heterocycles. The van der Waals surface area contributed by atoms with Crippen LogP contribution in [0.1, 0.15) is 16.2 Å². The highest BCUT2D eigenvalue weighted by Crippen LogP contribution is 2.13. The number of rotatable bonds is 1. The van der Waals surface area contributed by atoms with E-state index in [-0.39, 0.29) is 17.8 Å². The summed E-state index contributed by atoms with van der Waals surface area (Å²) in [6.45, 7) is 2.53. The summed E-state index contributed by atoms with van der Waals surface area (Å²) in [6, 6.07) is 1.59. The van der Waals surface area contributed by atoms with Gasteiger partial charge in [-0.1, -0.05) is 5.16 Å². The van der Waals surface area contributed by atoms with E-state index >= 15 is 0 Å². The van der Waals surface area contributed by atoms with Gasteiger partial charge in [-0.3, -0.25) is 4.79 Å². The number of β-amino-alcohol motifs (C(OH)–C–C–N with tert-alkyl or cyclic N) is 1. The van der Waals surface area contributed by atoms with Crippen molar-refractivity contribution in [2.24, 2.45) is 0 Å². The summed E-state index contributed by atoms with van der Waals surface area (Å²) >= 11 is 0. The van der Waals surface area contributed by atoms with Gasteiger partial charge in [-0.05, 0) is 6.92 Å². The van der Waals surface area contributed by atoms with Gasteiger partial charge in [0.1, 0.15) is 0 Å². The highest BCUT2D eigenvalue weighted by Gasteiger charge is 2.31. The quantitative estimate of drug-likeness (QED) is 0.653. The van der Waals surface area contributed by atoms with Crippen LogP contribution in [0.2, 0.25) is 0 Å². The Morgan fingerprint density at radius 1 is 1.77 bits per heavy atom. The number of nitrogens with zero attached hydrogens (tertiary/aromatic N) is 2. The molecule has 1 aromatic heterocycles. The first-order chi connectivity index (χ1) is 6.16. The third-order valence-corrected chi connectivity index (χ3v) is 1.99. The molecule has 0 bridgehead atoms.